The summed E-state index contributed by atoms with van der Waals surface area (Å²) in [5, 5.41) is 7.15. The Balaban J connectivity index is 0.00000162. The molecule has 6 heteroatoms. The van der Waals surface area contributed by atoms with Gasteiger partial charge in [0, 0.05) is 12.1 Å². The largest absolute Gasteiger partial charge is 0.445 e. The molecule has 0 aliphatic carbocycles. The van der Waals surface area contributed by atoms with Crippen LogP contribution in [-0.4, -0.2) is 30.8 Å². The molecule has 2 N–H and O–H groups in total. The Morgan fingerprint density at radius 2 is 2.33 bits per heavy atom. The maximum absolute atomic E-state index is 11.9. The second-order valence-electron chi connectivity index (χ2n) is 4.37. The van der Waals surface area contributed by atoms with Crippen LogP contribution in [0.4, 0.5) is 0 Å². The van der Waals surface area contributed by atoms with Gasteiger partial charge >= 0.3 is 0 Å². The molecule has 1 aromatic rings. The summed E-state index contributed by atoms with van der Waals surface area (Å²) in [7, 11) is 0. The lowest BCUT2D eigenvalue weighted by Crippen LogP contribution is -2.46. The van der Waals surface area contributed by atoms with Crippen LogP contribution in [0.15, 0.2) is 21.6 Å². The van der Waals surface area contributed by atoms with Gasteiger partial charge < -0.3 is 15.1 Å². The van der Waals surface area contributed by atoms with Gasteiger partial charge in [0.1, 0.15) is 0 Å². The third-order valence-corrected chi connectivity index (χ3v) is 3.59. The summed E-state index contributed by atoms with van der Waals surface area (Å²) in [4.78, 5) is 11.9. The molecule has 0 aromatic carbocycles. The number of hydrogen-bond donors (Lipinski definition) is 2. The second kappa shape index (κ2) is 7.07. The molecule has 0 saturated carbocycles. The van der Waals surface area contributed by atoms with Crippen molar-refractivity contribution >= 4 is 30.1 Å². The SMILES string of the molecule is CSc1ccc(C(=O)NC2CCNC(C)C2)o1.Cl. The van der Waals surface area contributed by atoms with Crippen molar-refractivity contribution < 1.29 is 9.21 Å². The van der Waals surface area contributed by atoms with E-state index in [0.29, 0.717) is 11.8 Å². The summed E-state index contributed by atoms with van der Waals surface area (Å²) < 4.78 is 5.40. The van der Waals surface area contributed by atoms with Crippen molar-refractivity contribution in [2.45, 2.75) is 36.9 Å². The molecular weight excluding hydrogens is 272 g/mol. The minimum atomic E-state index is -0.107. The highest BCUT2D eigenvalue weighted by atomic mass is 35.5. The maximum atomic E-state index is 11.9. The molecule has 1 amide bonds. The zero-order chi connectivity index (χ0) is 12.3. The van der Waals surface area contributed by atoms with E-state index in [0.717, 1.165) is 24.5 Å². The highest BCUT2D eigenvalue weighted by molar-refractivity contribution is 7.98. The van der Waals surface area contributed by atoms with Crippen LogP contribution in [0, 0.1) is 0 Å². The van der Waals surface area contributed by atoms with E-state index >= 15 is 0 Å². The standard InChI is InChI=1S/C12H18N2O2S.ClH/c1-8-7-9(5-6-13-8)14-12(15)10-3-4-11(16-10)17-2;/h3-4,8-9,13H,5-7H2,1-2H3,(H,14,15);1H. The van der Waals surface area contributed by atoms with E-state index in [2.05, 4.69) is 17.6 Å². The van der Waals surface area contributed by atoms with Gasteiger partial charge in [-0.15, -0.1) is 12.4 Å². The Morgan fingerprint density at radius 3 is 2.94 bits per heavy atom. The number of hydrogen-bond acceptors (Lipinski definition) is 4. The number of halogens is 1. The normalized spacial score (nSPS) is 23.2. The number of piperidine rings is 1. The lowest BCUT2D eigenvalue weighted by molar-refractivity contribution is 0.0892. The van der Waals surface area contributed by atoms with Crippen molar-refractivity contribution in [2.24, 2.45) is 0 Å². The van der Waals surface area contributed by atoms with Crippen molar-refractivity contribution in [3.05, 3.63) is 17.9 Å². The Kier molecular flexibility index (Phi) is 6.05. The first-order chi connectivity index (χ1) is 8.19. The average molecular weight is 291 g/mol. The minimum absolute atomic E-state index is 0. The third kappa shape index (κ3) is 3.93. The molecule has 0 bridgehead atoms. The Morgan fingerprint density at radius 1 is 1.56 bits per heavy atom. The van der Waals surface area contributed by atoms with Crippen LogP contribution < -0.4 is 10.6 Å². The monoisotopic (exact) mass is 290 g/mol. The van der Waals surface area contributed by atoms with Gasteiger partial charge in [-0.05, 0) is 44.7 Å². The van der Waals surface area contributed by atoms with Crippen LogP contribution >= 0.6 is 24.2 Å². The van der Waals surface area contributed by atoms with Gasteiger partial charge in [0.25, 0.3) is 5.91 Å². The lowest BCUT2D eigenvalue weighted by atomic mass is 10.0. The summed E-state index contributed by atoms with van der Waals surface area (Å²) in [5.74, 6) is 0.296. The topological polar surface area (TPSA) is 54.3 Å². The smallest absolute Gasteiger partial charge is 0.287 e. The first-order valence-electron chi connectivity index (χ1n) is 5.87. The average Bonchev–Trinajstić information content (AvgIpc) is 2.77. The predicted molar refractivity (Wildman–Crippen MR) is 75.7 cm³/mol. The van der Waals surface area contributed by atoms with Crippen molar-refractivity contribution in [3.8, 4) is 0 Å². The van der Waals surface area contributed by atoms with Gasteiger partial charge in [0.2, 0.25) is 0 Å². The van der Waals surface area contributed by atoms with E-state index < -0.39 is 0 Å². The number of thioether (sulfide) groups is 1. The molecular formula is C12H19ClN2O2S. The molecule has 2 rings (SSSR count). The molecule has 2 unspecified atom stereocenters. The fourth-order valence-corrected chi connectivity index (χ4v) is 2.45. The van der Waals surface area contributed by atoms with E-state index in [1.54, 1.807) is 6.07 Å². The van der Waals surface area contributed by atoms with E-state index in [9.17, 15) is 4.79 Å². The summed E-state index contributed by atoms with van der Waals surface area (Å²) in [5.41, 5.74) is 0. The van der Waals surface area contributed by atoms with E-state index in [-0.39, 0.29) is 24.4 Å². The Bertz CT molecular complexity index is 397. The molecule has 2 atom stereocenters. The van der Waals surface area contributed by atoms with Crippen LogP contribution in [0.5, 0.6) is 0 Å². The van der Waals surface area contributed by atoms with Gasteiger partial charge in [0.05, 0.1) is 0 Å². The molecule has 102 valence electrons. The molecule has 1 fully saturated rings. The lowest BCUT2D eigenvalue weighted by Gasteiger charge is -2.28. The summed E-state index contributed by atoms with van der Waals surface area (Å²) >= 11 is 1.50. The van der Waals surface area contributed by atoms with E-state index in [1.807, 2.05) is 12.3 Å². The van der Waals surface area contributed by atoms with E-state index in [4.69, 9.17) is 4.42 Å². The Hall–Kier alpha value is -0.650. The number of carbonyl (C=O) groups is 1. The van der Waals surface area contributed by atoms with Gasteiger partial charge in [-0.25, -0.2) is 0 Å². The molecule has 2 heterocycles. The first-order valence-corrected chi connectivity index (χ1v) is 7.09. The highest BCUT2D eigenvalue weighted by Gasteiger charge is 2.21. The second-order valence-corrected chi connectivity index (χ2v) is 5.18. The van der Waals surface area contributed by atoms with Crippen LogP contribution in [0.25, 0.3) is 0 Å². The van der Waals surface area contributed by atoms with Crippen molar-refractivity contribution in [3.63, 3.8) is 0 Å². The van der Waals surface area contributed by atoms with E-state index in [1.165, 1.54) is 11.8 Å². The summed E-state index contributed by atoms with van der Waals surface area (Å²) in [6.07, 6.45) is 3.88. The highest BCUT2D eigenvalue weighted by Crippen LogP contribution is 2.18. The third-order valence-electron chi connectivity index (χ3n) is 2.97. The van der Waals surface area contributed by atoms with Gasteiger partial charge in [-0.2, -0.15) is 0 Å². The molecule has 0 radical (unpaired) electrons. The number of rotatable bonds is 3. The van der Waals surface area contributed by atoms with Gasteiger partial charge in [-0.1, -0.05) is 11.8 Å². The molecule has 4 nitrogen and oxygen atoms in total. The van der Waals surface area contributed by atoms with Gasteiger partial charge in [-0.3, -0.25) is 4.79 Å². The minimum Gasteiger partial charge on any atom is -0.445 e. The van der Waals surface area contributed by atoms with Crippen LogP contribution in [0.3, 0.4) is 0 Å². The molecule has 1 aliphatic rings. The zero-order valence-electron chi connectivity index (χ0n) is 10.6. The van der Waals surface area contributed by atoms with Crippen molar-refractivity contribution in [1.29, 1.82) is 0 Å². The van der Waals surface area contributed by atoms with Crippen LogP contribution in [-0.2, 0) is 0 Å². The summed E-state index contributed by atoms with van der Waals surface area (Å²) in [6.45, 7) is 3.09. The quantitative estimate of drug-likeness (QED) is 0.839. The zero-order valence-corrected chi connectivity index (χ0v) is 12.2. The molecule has 0 spiro atoms. The number of nitrogens with one attached hydrogen (secondary N) is 2. The molecule has 1 aliphatic heterocycles. The Labute approximate surface area is 118 Å². The maximum Gasteiger partial charge on any atom is 0.287 e. The summed E-state index contributed by atoms with van der Waals surface area (Å²) in [6, 6.07) is 4.27. The number of carbonyl (C=O) groups excluding carboxylic acids is 1. The van der Waals surface area contributed by atoms with Crippen LogP contribution in [0.2, 0.25) is 0 Å². The fourth-order valence-electron chi connectivity index (χ4n) is 2.07. The fraction of sp³-hybridized carbons (Fsp3) is 0.583. The molecule has 1 saturated heterocycles. The van der Waals surface area contributed by atoms with Gasteiger partial charge in [0.15, 0.2) is 10.9 Å². The molecule has 18 heavy (non-hydrogen) atoms. The van der Waals surface area contributed by atoms with Crippen molar-refractivity contribution in [1.82, 2.24) is 10.6 Å². The number of furan rings is 1. The first kappa shape index (κ1) is 15.4. The van der Waals surface area contributed by atoms with Crippen LogP contribution in [0.1, 0.15) is 30.3 Å². The molecule has 1 aromatic heterocycles. The number of amides is 1. The predicted octanol–water partition coefficient (Wildman–Crippen LogP) is 2.29. The van der Waals surface area contributed by atoms with Crippen molar-refractivity contribution in [2.75, 3.05) is 12.8 Å².